The zero-order chi connectivity index (χ0) is 14.4. The third kappa shape index (κ3) is 4.93. The summed E-state index contributed by atoms with van der Waals surface area (Å²) in [6.45, 7) is 0.632. The second-order valence-corrected chi connectivity index (χ2v) is 6.42. The molecule has 0 spiro atoms. The van der Waals surface area contributed by atoms with Gasteiger partial charge in [-0.1, -0.05) is 50.1 Å². The summed E-state index contributed by atoms with van der Waals surface area (Å²) in [6, 6.07) is 16.1. The molecular weight excluding hydrogens is 382 g/mol. The highest BCUT2D eigenvalue weighted by molar-refractivity contribution is 9.10. The molecule has 2 aromatic rings. The number of hydrogen-bond acceptors (Lipinski definition) is 2. The largest absolute Gasteiger partial charge is 0.494 e. The van der Waals surface area contributed by atoms with E-state index in [9.17, 15) is 0 Å². The van der Waals surface area contributed by atoms with Crippen molar-refractivity contribution in [3.05, 3.63) is 63.0 Å². The third-order valence-corrected chi connectivity index (χ3v) is 4.31. The van der Waals surface area contributed by atoms with Gasteiger partial charge in [-0.05, 0) is 48.7 Å². The Balaban J connectivity index is 1.76. The Labute approximate surface area is 136 Å². The molecule has 1 unspecified atom stereocenters. The summed E-state index contributed by atoms with van der Waals surface area (Å²) in [4.78, 5) is 0. The van der Waals surface area contributed by atoms with Gasteiger partial charge in [0.25, 0.3) is 0 Å². The number of ether oxygens (including phenoxy) is 1. The maximum atomic E-state index is 6.15. The van der Waals surface area contributed by atoms with Crippen LogP contribution in [0.2, 0.25) is 0 Å². The fraction of sp³-hybridized carbons (Fsp3) is 0.250. The van der Waals surface area contributed by atoms with Crippen LogP contribution in [0.3, 0.4) is 0 Å². The van der Waals surface area contributed by atoms with E-state index in [0.717, 1.165) is 27.5 Å². The van der Waals surface area contributed by atoms with Gasteiger partial charge in [-0.15, -0.1) is 0 Å². The van der Waals surface area contributed by atoms with Crippen LogP contribution < -0.4 is 10.5 Å². The van der Waals surface area contributed by atoms with Gasteiger partial charge in [-0.2, -0.15) is 0 Å². The highest BCUT2D eigenvalue weighted by Gasteiger charge is 2.07. The number of nitrogens with two attached hydrogens (primary N) is 1. The Morgan fingerprint density at radius 2 is 1.70 bits per heavy atom. The first-order chi connectivity index (χ1) is 9.65. The summed E-state index contributed by atoms with van der Waals surface area (Å²) in [5, 5.41) is 0. The van der Waals surface area contributed by atoms with E-state index in [1.807, 2.05) is 42.5 Å². The summed E-state index contributed by atoms with van der Waals surface area (Å²) < 4.78 is 7.85. The van der Waals surface area contributed by atoms with Crippen molar-refractivity contribution in [2.75, 3.05) is 6.61 Å². The molecule has 20 heavy (non-hydrogen) atoms. The van der Waals surface area contributed by atoms with Crippen molar-refractivity contribution >= 4 is 31.9 Å². The molecule has 0 radical (unpaired) electrons. The summed E-state index contributed by atoms with van der Waals surface area (Å²) >= 11 is 6.95. The molecule has 0 aliphatic heterocycles. The molecule has 106 valence electrons. The minimum atomic E-state index is 0.101. The Morgan fingerprint density at radius 1 is 1.00 bits per heavy atom. The predicted molar refractivity (Wildman–Crippen MR) is 90.1 cm³/mol. The van der Waals surface area contributed by atoms with Gasteiger partial charge in [0.1, 0.15) is 5.75 Å². The van der Waals surface area contributed by atoms with Crippen LogP contribution in [0.15, 0.2) is 57.5 Å². The van der Waals surface area contributed by atoms with Crippen LogP contribution in [0.25, 0.3) is 0 Å². The second kappa shape index (κ2) is 7.81. The lowest BCUT2D eigenvalue weighted by molar-refractivity contribution is 0.297. The first kappa shape index (κ1) is 15.5. The van der Waals surface area contributed by atoms with E-state index in [4.69, 9.17) is 10.5 Å². The van der Waals surface area contributed by atoms with Crippen molar-refractivity contribution in [3.8, 4) is 5.75 Å². The minimum Gasteiger partial charge on any atom is -0.494 e. The lowest BCUT2D eigenvalue weighted by atomic mass is 10.0. The first-order valence-electron chi connectivity index (χ1n) is 6.52. The lowest BCUT2D eigenvalue weighted by Crippen LogP contribution is -2.25. The summed E-state index contributed by atoms with van der Waals surface area (Å²) in [7, 11) is 0. The van der Waals surface area contributed by atoms with Crippen LogP contribution in [0.4, 0.5) is 0 Å². The average Bonchev–Trinajstić information content (AvgIpc) is 2.44. The molecule has 4 heteroatoms. The molecule has 0 aliphatic rings. The molecule has 2 N–H and O–H groups in total. The molecule has 2 nitrogen and oxygen atoms in total. The molecule has 0 bridgehead atoms. The maximum absolute atomic E-state index is 6.15. The zero-order valence-corrected chi connectivity index (χ0v) is 14.2. The van der Waals surface area contributed by atoms with Crippen LogP contribution >= 0.6 is 31.9 Å². The Hall–Kier alpha value is -0.840. The second-order valence-electron chi connectivity index (χ2n) is 4.65. The maximum Gasteiger partial charge on any atom is 0.119 e. The highest BCUT2D eigenvalue weighted by atomic mass is 79.9. The number of rotatable bonds is 6. The standard InChI is InChI=1S/C16H17Br2NO/c17-13-5-7-15(8-6-13)20-10-9-14(19)11-12-3-1-2-4-16(12)18/h1-8,14H,9-11,19H2. The van der Waals surface area contributed by atoms with Crippen LogP contribution in [0.5, 0.6) is 5.75 Å². The SMILES string of the molecule is NC(CCOc1ccc(Br)cc1)Cc1ccccc1Br. The quantitative estimate of drug-likeness (QED) is 0.774. The van der Waals surface area contributed by atoms with E-state index < -0.39 is 0 Å². The average molecular weight is 399 g/mol. The van der Waals surface area contributed by atoms with Crippen molar-refractivity contribution in [3.63, 3.8) is 0 Å². The molecule has 0 heterocycles. The van der Waals surface area contributed by atoms with Crippen molar-refractivity contribution in [1.29, 1.82) is 0 Å². The van der Waals surface area contributed by atoms with E-state index in [2.05, 4.69) is 37.9 Å². The monoisotopic (exact) mass is 397 g/mol. The van der Waals surface area contributed by atoms with E-state index in [-0.39, 0.29) is 6.04 Å². The Bertz CT molecular complexity index is 542. The van der Waals surface area contributed by atoms with E-state index in [0.29, 0.717) is 6.61 Å². The molecule has 2 aromatic carbocycles. The van der Waals surface area contributed by atoms with Crippen molar-refractivity contribution in [2.45, 2.75) is 18.9 Å². The topological polar surface area (TPSA) is 35.2 Å². The van der Waals surface area contributed by atoms with Gasteiger partial charge in [0.05, 0.1) is 6.61 Å². The van der Waals surface area contributed by atoms with E-state index in [1.54, 1.807) is 0 Å². The van der Waals surface area contributed by atoms with Crippen molar-refractivity contribution in [1.82, 2.24) is 0 Å². The smallest absolute Gasteiger partial charge is 0.119 e. The first-order valence-corrected chi connectivity index (χ1v) is 8.11. The van der Waals surface area contributed by atoms with Gasteiger partial charge >= 0.3 is 0 Å². The van der Waals surface area contributed by atoms with Gasteiger partial charge in [0.15, 0.2) is 0 Å². The molecular formula is C16H17Br2NO. The lowest BCUT2D eigenvalue weighted by Gasteiger charge is -2.13. The van der Waals surface area contributed by atoms with E-state index in [1.165, 1.54) is 5.56 Å². The van der Waals surface area contributed by atoms with Crippen LogP contribution in [-0.2, 0) is 6.42 Å². The van der Waals surface area contributed by atoms with Crippen molar-refractivity contribution < 1.29 is 4.74 Å². The van der Waals surface area contributed by atoms with Gasteiger partial charge in [-0.25, -0.2) is 0 Å². The molecule has 0 fully saturated rings. The summed E-state index contributed by atoms with van der Waals surface area (Å²) in [5.41, 5.74) is 7.39. The molecule has 2 rings (SSSR count). The fourth-order valence-corrected chi connectivity index (χ4v) is 2.62. The predicted octanol–water partition coefficient (Wildman–Crippen LogP) is 4.55. The van der Waals surface area contributed by atoms with Crippen LogP contribution in [0.1, 0.15) is 12.0 Å². The summed E-state index contributed by atoms with van der Waals surface area (Å²) in [5.74, 6) is 0.876. The molecule has 1 atom stereocenters. The zero-order valence-electron chi connectivity index (χ0n) is 11.1. The normalized spacial score (nSPS) is 12.2. The molecule has 0 saturated heterocycles. The Morgan fingerprint density at radius 3 is 2.40 bits per heavy atom. The summed E-state index contributed by atoms with van der Waals surface area (Å²) in [6.07, 6.45) is 1.68. The number of benzene rings is 2. The van der Waals surface area contributed by atoms with Crippen LogP contribution in [-0.4, -0.2) is 12.6 Å². The third-order valence-electron chi connectivity index (χ3n) is 3.01. The van der Waals surface area contributed by atoms with Gasteiger partial charge in [0.2, 0.25) is 0 Å². The van der Waals surface area contributed by atoms with Crippen molar-refractivity contribution in [2.24, 2.45) is 5.73 Å². The van der Waals surface area contributed by atoms with Gasteiger partial charge in [0, 0.05) is 15.0 Å². The van der Waals surface area contributed by atoms with E-state index >= 15 is 0 Å². The molecule has 0 amide bonds. The fourth-order valence-electron chi connectivity index (χ4n) is 1.91. The molecule has 0 saturated carbocycles. The van der Waals surface area contributed by atoms with Crippen LogP contribution in [0, 0.1) is 0 Å². The number of hydrogen-bond donors (Lipinski definition) is 1. The minimum absolute atomic E-state index is 0.101. The molecule has 0 aromatic heterocycles. The number of halogens is 2. The Kier molecular flexibility index (Phi) is 6.07. The van der Waals surface area contributed by atoms with Gasteiger partial charge < -0.3 is 10.5 Å². The molecule has 0 aliphatic carbocycles. The highest BCUT2D eigenvalue weighted by Crippen LogP contribution is 2.19. The van der Waals surface area contributed by atoms with Gasteiger partial charge in [-0.3, -0.25) is 0 Å².